The van der Waals surface area contributed by atoms with Crippen molar-refractivity contribution in [2.24, 2.45) is 5.73 Å². The van der Waals surface area contributed by atoms with Crippen LogP contribution in [0.3, 0.4) is 0 Å². The van der Waals surface area contributed by atoms with Gasteiger partial charge in [0.1, 0.15) is 0 Å². The molecule has 0 bridgehead atoms. The first-order chi connectivity index (χ1) is 8.99. The quantitative estimate of drug-likeness (QED) is 0.877. The number of benzene rings is 1. The zero-order valence-corrected chi connectivity index (χ0v) is 13.7. The van der Waals surface area contributed by atoms with Gasteiger partial charge in [-0.15, -0.1) is 12.4 Å². The maximum atomic E-state index is 12.1. The summed E-state index contributed by atoms with van der Waals surface area (Å²) in [5.41, 5.74) is 8.14. The molecule has 2 N–H and O–H groups in total. The number of carbonyl (C=O) groups excluding carboxylic acids is 1. The van der Waals surface area contributed by atoms with E-state index in [2.05, 4.69) is 38.1 Å². The molecule has 0 radical (unpaired) electrons. The smallest absolute Gasteiger partial charge is 0.223 e. The van der Waals surface area contributed by atoms with Crippen LogP contribution in [0, 0.1) is 0 Å². The third-order valence-corrected chi connectivity index (χ3v) is 3.83. The Hall–Kier alpha value is -1.06. The fourth-order valence-corrected chi connectivity index (χ4v) is 2.01. The first kappa shape index (κ1) is 18.9. The molecule has 0 spiro atoms. The van der Waals surface area contributed by atoms with Crippen LogP contribution in [0.1, 0.15) is 44.2 Å². The highest BCUT2D eigenvalue weighted by atomic mass is 35.5. The van der Waals surface area contributed by atoms with Crippen molar-refractivity contribution in [2.75, 3.05) is 13.6 Å². The van der Waals surface area contributed by atoms with Gasteiger partial charge in [0.05, 0.1) is 0 Å². The molecule has 1 aromatic carbocycles. The predicted molar refractivity (Wildman–Crippen MR) is 87.4 cm³/mol. The first-order valence-corrected chi connectivity index (χ1v) is 7.04. The number of rotatable bonds is 6. The molecule has 0 saturated heterocycles. The van der Waals surface area contributed by atoms with Gasteiger partial charge in [-0.05, 0) is 30.4 Å². The van der Waals surface area contributed by atoms with E-state index in [1.807, 2.05) is 14.0 Å². The Morgan fingerprint density at radius 1 is 1.25 bits per heavy atom. The Balaban J connectivity index is 0.00000361. The van der Waals surface area contributed by atoms with Crippen molar-refractivity contribution in [2.45, 2.75) is 45.6 Å². The van der Waals surface area contributed by atoms with Crippen molar-refractivity contribution in [3.8, 4) is 0 Å². The number of aryl methyl sites for hydroxylation is 1. The van der Waals surface area contributed by atoms with E-state index in [0.717, 1.165) is 6.42 Å². The van der Waals surface area contributed by atoms with E-state index in [-0.39, 0.29) is 30.3 Å². The van der Waals surface area contributed by atoms with E-state index in [1.54, 1.807) is 4.90 Å². The van der Waals surface area contributed by atoms with E-state index in [1.165, 1.54) is 11.1 Å². The SMILES string of the molecule is CCc1ccc(C(C)CC(=O)N(C)C(C)CN)cc1.Cl. The van der Waals surface area contributed by atoms with Gasteiger partial charge in [0.15, 0.2) is 0 Å². The summed E-state index contributed by atoms with van der Waals surface area (Å²) in [5, 5.41) is 0. The zero-order valence-electron chi connectivity index (χ0n) is 12.9. The van der Waals surface area contributed by atoms with Crippen LogP contribution in [-0.2, 0) is 11.2 Å². The summed E-state index contributed by atoms with van der Waals surface area (Å²) < 4.78 is 0. The first-order valence-electron chi connectivity index (χ1n) is 7.04. The van der Waals surface area contributed by atoms with Crippen LogP contribution in [0.2, 0.25) is 0 Å². The third kappa shape index (κ3) is 5.14. The van der Waals surface area contributed by atoms with Crippen LogP contribution in [0.5, 0.6) is 0 Å². The summed E-state index contributed by atoms with van der Waals surface area (Å²) in [6, 6.07) is 8.64. The molecule has 0 aliphatic heterocycles. The molecule has 0 aliphatic carbocycles. The highest BCUT2D eigenvalue weighted by Gasteiger charge is 2.18. The minimum Gasteiger partial charge on any atom is -0.342 e. The Labute approximate surface area is 128 Å². The van der Waals surface area contributed by atoms with Crippen molar-refractivity contribution in [1.29, 1.82) is 0 Å². The molecule has 2 atom stereocenters. The molecule has 1 amide bonds. The van der Waals surface area contributed by atoms with Gasteiger partial charge in [-0.2, -0.15) is 0 Å². The molecule has 3 nitrogen and oxygen atoms in total. The van der Waals surface area contributed by atoms with Crippen LogP contribution in [0.25, 0.3) is 0 Å². The topological polar surface area (TPSA) is 46.3 Å². The monoisotopic (exact) mass is 298 g/mol. The van der Waals surface area contributed by atoms with Crippen molar-refractivity contribution < 1.29 is 4.79 Å². The number of halogens is 1. The van der Waals surface area contributed by atoms with Gasteiger partial charge in [-0.1, -0.05) is 38.1 Å². The lowest BCUT2D eigenvalue weighted by atomic mass is 9.95. The van der Waals surface area contributed by atoms with Gasteiger partial charge < -0.3 is 10.6 Å². The Bertz CT molecular complexity index is 405. The third-order valence-electron chi connectivity index (χ3n) is 3.83. The largest absolute Gasteiger partial charge is 0.342 e. The Morgan fingerprint density at radius 2 is 1.80 bits per heavy atom. The van der Waals surface area contributed by atoms with E-state index in [9.17, 15) is 4.79 Å². The van der Waals surface area contributed by atoms with Crippen molar-refractivity contribution in [1.82, 2.24) is 4.90 Å². The molecular weight excluding hydrogens is 272 g/mol. The van der Waals surface area contributed by atoms with Gasteiger partial charge >= 0.3 is 0 Å². The number of amides is 1. The van der Waals surface area contributed by atoms with Crippen LogP contribution >= 0.6 is 12.4 Å². The molecule has 1 rings (SSSR count). The van der Waals surface area contributed by atoms with Gasteiger partial charge in [0, 0.05) is 26.1 Å². The lowest BCUT2D eigenvalue weighted by Crippen LogP contribution is -2.40. The van der Waals surface area contributed by atoms with Gasteiger partial charge in [0.2, 0.25) is 5.91 Å². The second-order valence-electron chi connectivity index (χ2n) is 5.29. The maximum Gasteiger partial charge on any atom is 0.223 e. The van der Waals surface area contributed by atoms with Gasteiger partial charge in [0.25, 0.3) is 0 Å². The highest BCUT2D eigenvalue weighted by Crippen LogP contribution is 2.20. The summed E-state index contributed by atoms with van der Waals surface area (Å²) >= 11 is 0. The normalized spacial score (nSPS) is 13.2. The van der Waals surface area contributed by atoms with Crippen LogP contribution in [-0.4, -0.2) is 30.4 Å². The van der Waals surface area contributed by atoms with Crippen molar-refractivity contribution >= 4 is 18.3 Å². The minimum absolute atomic E-state index is 0. The molecule has 0 aliphatic rings. The summed E-state index contributed by atoms with van der Waals surface area (Å²) in [7, 11) is 1.83. The summed E-state index contributed by atoms with van der Waals surface area (Å²) in [5.74, 6) is 0.399. The molecule has 2 unspecified atom stereocenters. The lowest BCUT2D eigenvalue weighted by molar-refractivity contribution is -0.131. The van der Waals surface area contributed by atoms with Gasteiger partial charge in [-0.25, -0.2) is 0 Å². The summed E-state index contributed by atoms with van der Waals surface area (Å²) in [6.07, 6.45) is 1.58. The van der Waals surface area contributed by atoms with E-state index >= 15 is 0 Å². The van der Waals surface area contributed by atoms with Crippen LogP contribution in [0.15, 0.2) is 24.3 Å². The second kappa shape index (κ2) is 8.98. The average molecular weight is 299 g/mol. The number of nitrogens with two attached hydrogens (primary N) is 1. The highest BCUT2D eigenvalue weighted by molar-refractivity contribution is 5.85. The zero-order chi connectivity index (χ0) is 14.4. The fourth-order valence-electron chi connectivity index (χ4n) is 2.01. The Morgan fingerprint density at radius 3 is 2.25 bits per heavy atom. The number of likely N-dealkylation sites (N-methyl/N-ethyl adjacent to an activating group) is 1. The van der Waals surface area contributed by atoms with Crippen molar-refractivity contribution in [3.63, 3.8) is 0 Å². The molecule has 4 heteroatoms. The molecule has 0 fully saturated rings. The standard InChI is InChI=1S/C16H26N2O.ClH/c1-5-14-6-8-15(9-7-14)12(2)10-16(19)18(4)13(3)11-17;/h6-9,12-13H,5,10-11,17H2,1-4H3;1H. The predicted octanol–water partition coefficient (Wildman–Crippen LogP) is 2.97. The van der Waals surface area contributed by atoms with Crippen LogP contribution < -0.4 is 5.73 Å². The molecule has 0 saturated carbocycles. The average Bonchev–Trinajstić information content (AvgIpc) is 2.45. The molecule has 114 valence electrons. The Kier molecular flexibility index (Phi) is 8.51. The minimum atomic E-state index is 0. The summed E-state index contributed by atoms with van der Waals surface area (Å²) in [4.78, 5) is 13.9. The number of nitrogens with zero attached hydrogens (tertiary/aromatic N) is 1. The fraction of sp³-hybridized carbons (Fsp3) is 0.562. The maximum absolute atomic E-state index is 12.1. The van der Waals surface area contributed by atoms with Crippen molar-refractivity contribution in [3.05, 3.63) is 35.4 Å². The summed E-state index contributed by atoms with van der Waals surface area (Å²) in [6.45, 7) is 6.71. The molecule has 0 aromatic heterocycles. The van der Waals surface area contributed by atoms with Gasteiger partial charge in [-0.3, -0.25) is 4.79 Å². The number of carbonyl (C=O) groups is 1. The molecule has 20 heavy (non-hydrogen) atoms. The molecule has 1 aromatic rings. The van der Waals surface area contributed by atoms with E-state index in [0.29, 0.717) is 13.0 Å². The molecular formula is C16H27ClN2O. The number of hydrogen-bond acceptors (Lipinski definition) is 2. The lowest BCUT2D eigenvalue weighted by Gasteiger charge is -2.25. The van der Waals surface area contributed by atoms with Crippen LogP contribution in [0.4, 0.5) is 0 Å². The number of hydrogen-bond donors (Lipinski definition) is 1. The second-order valence-corrected chi connectivity index (χ2v) is 5.29. The molecule has 0 heterocycles. The van der Waals surface area contributed by atoms with E-state index < -0.39 is 0 Å². The van der Waals surface area contributed by atoms with E-state index in [4.69, 9.17) is 5.73 Å².